The van der Waals surface area contributed by atoms with E-state index in [9.17, 15) is 0 Å². The number of fused-ring (bicyclic) bond motifs is 1. The maximum absolute atomic E-state index is 6.45. The third-order valence-corrected chi connectivity index (χ3v) is 4.57. The first kappa shape index (κ1) is 10.9. The lowest BCUT2D eigenvalue weighted by molar-refractivity contribution is -0.143. The minimum absolute atomic E-state index is 0.288. The van der Waals surface area contributed by atoms with Crippen LogP contribution in [0.2, 0.25) is 19.6 Å². The zero-order valence-corrected chi connectivity index (χ0v) is 11.1. The lowest BCUT2D eigenvalue weighted by Gasteiger charge is -2.30. The Morgan fingerprint density at radius 1 is 1.43 bits per heavy atom. The molecule has 0 aromatic heterocycles. The summed E-state index contributed by atoms with van der Waals surface area (Å²) in [5.41, 5.74) is 0. The third kappa shape index (κ3) is 1.45. The van der Waals surface area contributed by atoms with Gasteiger partial charge in [-0.1, -0.05) is 0 Å². The Bertz CT molecular complexity index is 249. The van der Waals surface area contributed by atoms with Gasteiger partial charge < -0.3 is 9.16 Å². The Kier molecular flexibility index (Phi) is 2.32. The van der Waals surface area contributed by atoms with Crippen molar-refractivity contribution in [1.82, 2.24) is 0 Å². The van der Waals surface area contributed by atoms with Crippen LogP contribution in [-0.2, 0) is 9.16 Å². The van der Waals surface area contributed by atoms with Crippen molar-refractivity contribution in [2.75, 3.05) is 6.61 Å². The van der Waals surface area contributed by atoms with Gasteiger partial charge in [0.1, 0.15) is 4.87 Å². The topological polar surface area (TPSA) is 18.5 Å². The monoisotopic (exact) mass is 234 g/mol. The molecule has 2 rings (SSSR count). The second kappa shape index (κ2) is 2.97. The molecule has 0 spiro atoms. The third-order valence-electron chi connectivity index (χ3n) is 3.12. The smallest absolute Gasteiger partial charge is 0.187 e. The number of ether oxygens (including phenoxy) is 1. The molecule has 3 atom stereocenters. The lowest BCUT2D eigenvalue weighted by atomic mass is 10.2. The van der Waals surface area contributed by atoms with Crippen molar-refractivity contribution >= 4 is 19.9 Å². The molecule has 0 aromatic carbocycles. The van der Waals surface area contributed by atoms with Crippen LogP contribution in [0, 0.1) is 5.92 Å². The van der Waals surface area contributed by atoms with Gasteiger partial charge in [0.25, 0.3) is 0 Å². The predicted octanol–water partition coefficient (Wildman–Crippen LogP) is 2.97. The summed E-state index contributed by atoms with van der Waals surface area (Å²) >= 11 is 6.45. The van der Waals surface area contributed by atoms with Crippen LogP contribution in [0.3, 0.4) is 0 Å². The van der Waals surface area contributed by atoms with Crippen molar-refractivity contribution in [3.8, 4) is 0 Å². The Hall–Kier alpha value is 0.427. The second-order valence-electron chi connectivity index (χ2n) is 5.50. The average Bonchev–Trinajstić information content (AvgIpc) is 2.46. The molecular formula is C10H19ClO2Si. The Balaban J connectivity index is 2.15. The van der Waals surface area contributed by atoms with E-state index in [1.54, 1.807) is 0 Å². The maximum Gasteiger partial charge on any atom is 0.187 e. The van der Waals surface area contributed by atoms with E-state index in [1.807, 2.05) is 6.92 Å². The minimum Gasteiger partial charge on any atom is -0.389 e. The van der Waals surface area contributed by atoms with Crippen molar-refractivity contribution < 1.29 is 9.16 Å². The standard InChI is InChI=1S/C10H19ClO2Si/c1-9(11)8-6-5-7-12-10(8,9)13-14(2,3)4/h8H,5-7H2,1-4H3. The largest absolute Gasteiger partial charge is 0.389 e. The molecule has 2 nitrogen and oxygen atoms in total. The van der Waals surface area contributed by atoms with Gasteiger partial charge in [0, 0.05) is 5.92 Å². The Morgan fingerprint density at radius 3 is 2.57 bits per heavy atom. The van der Waals surface area contributed by atoms with Crippen LogP contribution in [0.15, 0.2) is 0 Å². The summed E-state index contributed by atoms with van der Waals surface area (Å²) in [7, 11) is -1.57. The zero-order chi connectivity index (χ0) is 10.6. The first-order valence-electron chi connectivity index (χ1n) is 5.33. The second-order valence-corrected chi connectivity index (χ2v) is 10.7. The molecule has 1 aliphatic carbocycles. The van der Waals surface area contributed by atoms with Gasteiger partial charge in [-0.15, -0.1) is 11.6 Å². The fourth-order valence-corrected chi connectivity index (χ4v) is 4.28. The average molecular weight is 235 g/mol. The summed E-state index contributed by atoms with van der Waals surface area (Å²) in [5, 5.41) is 0. The highest BCUT2D eigenvalue weighted by Crippen LogP contribution is 2.66. The van der Waals surface area contributed by atoms with Crippen LogP contribution in [0.5, 0.6) is 0 Å². The van der Waals surface area contributed by atoms with Gasteiger partial charge in [0.05, 0.1) is 6.61 Å². The predicted molar refractivity (Wildman–Crippen MR) is 60.1 cm³/mol. The molecule has 0 radical (unpaired) electrons. The van der Waals surface area contributed by atoms with Crippen molar-refractivity contribution in [2.24, 2.45) is 5.92 Å². The van der Waals surface area contributed by atoms with Crippen LogP contribution >= 0.6 is 11.6 Å². The maximum atomic E-state index is 6.45. The summed E-state index contributed by atoms with van der Waals surface area (Å²) < 4.78 is 12.0. The summed E-state index contributed by atoms with van der Waals surface area (Å²) in [4.78, 5) is -0.288. The molecule has 1 saturated carbocycles. The number of hydrogen-bond donors (Lipinski definition) is 0. The van der Waals surface area contributed by atoms with E-state index in [0.717, 1.165) is 19.4 Å². The van der Waals surface area contributed by atoms with Crippen molar-refractivity contribution in [1.29, 1.82) is 0 Å². The van der Waals surface area contributed by atoms with E-state index in [0.29, 0.717) is 5.92 Å². The van der Waals surface area contributed by atoms with E-state index in [1.165, 1.54) is 0 Å². The normalized spacial score (nSPS) is 47.4. The molecule has 1 saturated heterocycles. The first-order chi connectivity index (χ1) is 6.30. The van der Waals surface area contributed by atoms with Gasteiger partial charge in [-0.25, -0.2) is 0 Å². The Morgan fingerprint density at radius 2 is 2.07 bits per heavy atom. The molecule has 2 fully saturated rings. The number of hydrogen-bond acceptors (Lipinski definition) is 2. The summed E-state index contributed by atoms with van der Waals surface area (Å²) in [6.45, 7) is 9.39. The van der Waals surface area contributed by atoms with E-state index < -0.39 is 14.1 Å². The molecule has 82 valence electrons. The SMILES string of the molecule is CC1(Cl)C2CCCOC21O[Si](C)(C)C. The van der Waals surface area contributed by atoms with Gasteiger partial charge in [-0.2, -0.15) is 0 Å². The number of halogens is 1. The summed E-state index contributed by atoms with van der Waals surface area (Å²) in [6.07, 6.45) is 2.26. The van der Waals surface area contributed by atoms with E-state index >= 15 is 0 Å². The van der Waals surface area contributed by atoms with Gasteiger partial charge in [0.2, 0.25) is 0 Å². The highest BCUT2D eigenvalue weighted by atomic mass is 35.5. The van der Waals surface area contributed by atoms with E-state index in [2.05, 4.69) is 19.6 Å². The molecule has 1 aliphatic heterocycles. The van der Waals surface area contributed by atoms with Crippen LogP contribution in [0.25, 0.3) is 0 Å². The summed E-state index contributed by atoms with van der Waals surface area (Å²) in [5.74, 6) is -0.0470. The minimum atomic E-state index is -1.57. The molecule has 0 N–H and O–H groups in total. The van der Waals surface area contributed by atoms with Gasteiger partial charge >= 0.3 is 0 Å². The van der Waals surface area contributed by atoms with Gasteiger partial charge in [-0.05, 0) is 39.4 Å². The van der Waals surface area contributed by atoms with Crippen LogP contribution in [0.4, 0.5) is 0 Å². The quantitative estimate of drug-likeness (QED) is 0.540. The molecule has 3 unspecified atom stereocenters. The fourth-order valence-electron chi connectivity index (χ4n) is 2.47. The highest BCUT2D eigenvalue weighted by Gasteiger charge is 2.77. The molecule has 4 heteroatoms. The van der Waals surface area contributed by atoms with Gasteiger partial charge in [0.15, 0.2) is 14.1 Å². The zero-order valence-electron chi connectivity index (χ0n) is 9.39. The molecular weight excluding hydrogens is 216 g/mol. The fraction of sp³-hybridized carbons (Fsp3) is 1.00. The molecule has 0 bridgehead atoms. The first-order valence-corrected chi connectivity index (χ1v) is 9.11. The van der Waals surface area contributed by atoms with Gasteiger partial charge in [-0.3, -0.25) is 0 Å². The molecule has 2 aliphatic rings. The summed E-state index contributed by atoms with van der Waals surface area (Å²) in [6, 6.07) is 0. The molecule has 0 amide bonds. The highest BCUT2D eigenvalue weighted by molar-refractivity contribution is 6.70. The van der Waals surface area contributed by atoms with Crippen LogP contribution in [0.1, 0.15) is 19.8 Å². The number of alkyl halides is 1. The van der Waals surface area contributed by atoms with E-state index in [4.69, 9.17) is 20.8 Å². The lowest BCUT2D eigenvalue weighted by Crippen LogP contribution is -2.40. The number of rotatable bonds is 2. The van der Waals surface area contributed by atoms with Crippen LogP contribution < -0.4 is 0 Å². The molecule has 1 heterocycles. The van der Waals surface area contributed by atoms with Crippen molar-refractivity contribution in [3.05, 3.63) is 0 Å². The molecule has 14 heavy (non-hydrogen) atoms. The van der Waals surface area contributed by atoms with E-state index in [-0.39, 0.29) is 4.87 Å². The van der Waals surface area contributed by atoms with Crippen molar-refractivity contribution in [2.45, 2.75) is 50.1 Å². The van der Waals surface area contributed by atoms with Crippen molar-refractivity contribution in [3.63, 3.8) is 0 Å². The van der Waals surface area contributed by atoms with Crippen LogP contribution in [-0.4, -0.2) is 25.6 Å². The molecule has 0 aromatic rings. The Labute approximate surface area is 92.0 Å².